The number of benzene rings is 1. The molecule has 1 aromatic rings. The van der Waals surface area contributed by atoms with Crippen molar-refractivity contribution >= 4 is 5.78 Å². The van der Waals surface area contributed by atoms with Crippen molar-refractivity contribution in [3.05, 3.63) is 35.9 Å². The Labute approximate surface area is 77.8 Å². The van der Waals surface area contributed by atoms with Gasteiger partial charge in [0.15, 0.2) is 5.78 Å². The SMILES string of the molecule is [NH]C1(C(=O)Cc2ccccc2)CC1. The largest absolute Gasteiger partial charge is 0.297 e. The summed E-state index contributed by atoms with van der Waals surface area (Å²) in [6, 6.07) is 9.65. The summed E-state index contributed by atoms with van der Waals surface area (Å²) in [5.41, 5.74) is 7.94. The topological polar surface area (TPSA) is 40.9 Å². The third-order valence-corrected chi connectivity index (χ3v) is 2.49. The van der Waals surface area contributed by atoms with E-state index in [2.05, 4.69) is 0 Å². The predicted octanol–water partition coefficient (Wildman–Crippen LogP) is 1.61. The minimum Gasteiger partial charge on any atom is -0.297 e. The highest BCUT2D eigenvalue weighted by molar-refractivity contribution is 5.92. The Bertz CT molecular complexity index is 314. The van der Waals surface area contributed by atoms with E-state index in [4.69, 9.17) is 5.73 Å². The molecule has 1 aromatic carbocycles. The lowest BCUT2D eigenvalue weighted by atomic mass is 10.0. The highest BCUT2D eigenvalue weighted by Gasteiger charge is 2.45. The van der Waals surface area contributed by atoms with Crippen LogP contribution in [0.3, 0.4) is 0 Å². The van der Waals surface area contributed by atoms with Gasteiger partial charge in [-0.3, -0.25) is 4.79 Å². The molecule has 2 heteroatoms. The standard InChI is InChI=1S/C11H12NO/c12-11(6-7-11)10(13)8-9-4-2-1-3-5-9/h1-5,12H,6-8H2. The lowest BCUT2D eigenvalue weighted by molar-refractivity contribution is -0.120. The highest BCUT2D eigenvalue weighted by atomic mass is 16.1. The van der Waals surface area contributed by atoms with Crippen molar-refractivity contribution in [1.82, 2.24) is 5.73 Å². The van der Waals surface area contributed by atoms with Crippen LogP contribution in [0.2, 0.25) is 0 Å². The summed E-state index contributed by atoms with van der Waals surface area (Å²) in [5.74, 6) is 0.0682. The molecular formula is C11H12NO. The average Bonchev–Trinajstić information content (AvgIpc) is 2.87. The molecule has 0 saturated heterocycles. The number of carbonyl (C=O) groups excluding carboxylic acids is 1. The van der Waals surface area contributed by atoms with Crippen LogP contribution in [0.15, 0.2) is 30.3 Å². The Hall–Kier alpha value is -1.15. The van der Waals surface area contributed by atoms with E-state index in [9.17, 15) is 4.79 Å². The van der Waals surface area contributed by atoms with E-state index in [1.165, 1.54) is 0 Å². The first-order chi connectivity index (χ1) is 6.21. The van der Waals surface area contributed by atoms with E-state index in [1.807, 2.05) is 30.3 Å². The maximum absolute atomic E-state index is 11.5. The van der Waals surface area contributed by atoms with Gasteiger partial charge in [-0.15, -0.1) is 0 Å². The molecule has 13 heavy (non-hydrogen) atoms. The maximum atomic E-state index is 11.5. The van der Waals surface area contributed by atoms with Gasteiger partial charge in [0.2, 0.25) is 0 Å². The molecule has 1 aliphatic carbocycles. The second-order valence-electron chi connectivity index (χ2n) is 3.67. The fourth-order valence-electron chi connectivity index (χ4n) is 1.35. The molecule has 67 valence electrons. The van der Waals surface area contributed by atoms with E-state index in [1.54, 1.807) is 0 Å². The third kappa shape index (κ3) is 1.78. The Morgan fingerprint density at radius 2 is 1.92 bits per heavy atom. The van der Waals surface area contributed by atoms with Crippen LogP contribution in [0.25, 0.3) is 0 Å². The minimum atomic E-state index is -0.726. The first-order valence-electron chi connectivity index (χ1n) is 4.53. The van der Waals surface area contributed by atoms with Crippen molar-refractivity contribution in [3.63, 3.8) is 0 Å². The number of carbonyl (C=O) groups is 1. The number of Topliss-reactive ketones (excluding diaryl/α,β-unsaturated/α-hetero) is 1. The number of hydrogen-bond donors (Lipinski definition) is 0. The molecule has 0 spiro atoms. The summed E-state index contributed by atoms with van der Waals surface area (Å²) in [5, 5.41) is 0. The Balaban J connectivity index is 2.03. The molecule has 0 heterocycles. The molecule has 1 saturated carbocycles. The molecule has 1 radical (unpaired) electrons. The second-order valence-corrected chi connectivity index (χ2v) is 3.67. The number of hydrogen-bond acceptors (Lipinski definition) is 1. The summed E-state index contributed by atoms with van der Waals surface area (Å²) < 4.78 is 0. The third-order valence-electron chi connectivity index (χ3n) is 2.49. The van der Waals surface area contributed by atoms with Crippen LogP contribution >= 0.6 is 0 Å². The van der Waals surface area contributed by atoms with Gasteiger partial charge in [-0.25, -0.2) is 5.73 Å². The van der Waals surface area contributed by atoms with E-state index in [-0.39, 0.29) is 5.78 Å². The summed E-state index contributed by atoms with van der Waals surface area (Å²) in [4.78, 5) is 11.5. The van der Waals surface area contributed by atoms with Crippen LogP contribution in [-0.4, -0.2) is 11.3 Å². The smallest absolute Gasteiger partial charge is 0.158 e. The molecular weight excluding hydrogens is 162 g/mol. The number of ketones is 1. The molecule has 0 amide bonds. The van der Waals surface area contributed by atoms with Gasteiger partial charge in [0.1, 0.15) is 0 Å². The zero-order valence-corrected chi connectivity index (χ0v) is 7.42. The molecule has 2 nitrogen and oxygen atoms in total. The van der Waals surface area contributed by atoms with Crippen molar-refractivity contribution in [2.75, 3.05) is 0 Å². The van der Waals surface area contributed by atoms with Gasteiger partial charge in [-0.2, -0.15) is 0 Å². The van der Waals surface area contributed by atoms with Gasteiger partial charge in [-0.1, -0.05) is 30.3 Å². The van der Waals surface area contributed by atoms with Crippen LogP contribution in [0.4, 0.5) is 0 Å². The molecule has 0 atom stereocenters. The molecule has 1 aliphatic rings. The summed E-state index contributed by atoms with van der Waals surface area (Å²) in [7, 11) is 0. The summed E-state index contributed by atoms with van der Waals surface area (Å²) in [6.07, 6.45) is 1.92. The molecule has 0 bridgehead atoms. The highest BCUT2D eigenvalue weighted by Crippen LogP contribution is 2.35. The first kappa shape index (κ1) is 8.45. The predicted molar refractivity (Wildman–Crippen MR) is 50.2 cm³/mol. The van der Waals surface area contributed by atoms with Crippen LogP contribution in [-0.2, 0) is 11.2 Å². The molecule has 0 unspecified atom stereocenters. The molecule has 1 N–H and O–H groups in total. The first-order valence-corrected chi connectivity index (χ1v) is 4.53. The quantitative estimate of drug-likeness (QED) is 0.686. The Morgan fingerprint density at radius 1 is 1.31 bits per heavy atom. The lowest BCUT2D eigenvalue weighted by Gasteiger charge is -2.05. The zero-order chi connectivity index (χ0) is 9.31. The molecule has 0 aromatic heterocycles. The number of rotatable bonds is 3. The monoisotopic (exact) mass is 174 g/mol. The average molecular weight is 174 g/mol. The van der Waals surface area contributed by atoms with Crippen LogP contribution in [0.5, 0.6) is 0 Å². The van der Waals surface area contributed by atoms with Crippen molar-refractivity contribution in [2.45, 2.75) is 24.8 Å². The molecule has 2 rings (SSSR count). The van der Waals surface area contributed by atoms with Crippen LogP contribution in [0, 0.1) is 0 Å². The van der Waals surface area contributed by atoms with Gasteiger partial charge < -0.3 is 0 Å². The Kier molecular flexibility index (Phi) is 1.93. The summed E-state index contributed by atoms with van der Waals surface area (Å²) >= 11 is 0. The molecule has 0 aliphatic heterocycles. The van der Waals surface area contributed by atoms with Gasteiger partial charge in [0.25, 0.3) is 0 Å². The second kappa shape index (κ2) is 2.96. The fraction of sp³-hybridized carbons (Fsp3) is 0.364. The van der Waals surface area contributed by atoms with Gasteiger partial charge in [-0.05, 0) is 18.4 Å². The zero-order valence-electron chi connectivity index (χ0n) is 7.42. The normalized spacial score (nSPS) is 18.2. The van der Waals surface area contributed by atoms with E-state index in [0.29, 0.717) is 6.42 Å². The van der Waals surface area contributed by atoms with Gasteiger partial charge in [0.05, 0.1) is 5.54 Å². The summed E-state index contributed by atoms with van der Waals surface area (Å²) in [6.45, 7) is 0. The van der Waals surface area contributed by atoms with Crippen molar-refractivity contribution in [1.29, 1.82) is 0 Å². The van der Waals surface area contributed by atoms with Crippen molar-refractivity contribution in [2.24, 2.45) is 0 Å². The van der Waals surface area contributed by atoms with Crippen LogP contribution < -0.4 is 5.73 Å². The van der Waals surface area contributed by atoms with Crippen LogP contribution in [0.1, 0.15) is 18.4 Å². The fourth-order valence-corrected chi connectivity index (χ4v) is 1.35. The number of nitrogens with one attached hydrogen (secondary N) is 1. The van der Waals surface area contributed by atoms with E-state index in [0.717, 1.165) is 18.4 Å². The lowest BCUT2D eigenvalue weighted by Crippen LogP contribution is -2.25. The van der Waals surface area contributed by atoms with Gasteiger partial charge >= 0.3 is 0 Å². The van der Waals surface area contributed by atoms with Gasteiger partial charge in [0, 0.05) is 6.42 Å². The van der Waals surface area contributed by atoms with E-state index < -0.39 is 5.54 Å². The maximum Gasteiger partial charge on any atom is 0.158 e. The molecule has 1 fully saturated rings. The van der Waals surface area contributed by atoms with E-state index >= 15 is 0 Å². The van der Waals surface area contributed by atoms with Crippen molar-refractivity contribution < 1.29 is 4.79 Å². The van der Waals surface area contributed by atoms with Crippen molar-refractivity contribution in [3.8, 4) is 0 Å². The minimum absolute atomic E-state index is 0.0682. The Morgan fingerprint density at radius 3 is 2.46 bits per heavy atom.